The van der Waals surface area contributed by atoms with Gasteiger partial charge in [-0.2, -0.15) is 0 Å². The molecule has 7 heteroatoms. The first-order valence-corrected chi connectivity index (χ1v) is 8.18. The third-order valence-corrected chi connectivity index (χ3v) is 4.81. The van der Waals surface area contributed by atoms with Crippen LogP contribution in [-0.4, -0.2) is 43.4 Å². The molecule has 2 aliphatic heterocycles. The van der Waals surface area contributed by atoms with Gasteiger partial charge >= 0.3 is 0 Å². The van der Waals surface area contributed by atoms with Crippen molar-refractivity contribution in [3.63, 3.8) is 0 Å². The minimum absolute atomic E-state index is 0.0446. The monoisotopic (exact) mass is 336 g/mol. The molecule has 2 aliphatic rings. The molecule has 1 amide bonds. The largest absolute Gasteiger partial charge is 0.355 e. The van der Waals surface area contributed by atoms with E-state index >= 15 is 0 Å². The summed E-state index contributed by atoms with van der Waals surface area (Å²) in [7, 11) is 1.67. The van der Waals surface area contributed by atoms with Crippen LogP contribution in [0.3, 0.4) is 0 Å². The quantitative estimate of drug-likeness (QED) is 0.638. The van der Waals surface area contributed by atoms with E-state index in [4.69, 9.17) is 0 Å². The molecule has 2 N–H and O–H groups in total. The second-order valence-electron chi connectivity index (χ2n) is 6.62. The highest BCUT2D eigenvalue weighted by atomic mass is 19.1. The lowest BCUT2D eigenvalue weighted by Gasteiger charge is -2.40. The predicted octanol–water partition coefficient (Wildman–Crippen LogP) is 1.64. The smallest absolute Gasteiger partial charge is 0.220 e. The summed E-state index contributed by atoms with van der Waals surface area (Å²) >= 11 is 0. The summed E-state index contributed by atoms with van der Waals surface area (Å²) in [5.74, 6) is -0.158. The van der Waals surface area contributed by atoms with E-state index in [0.29, 0.717) is 18.9 Å². The van der Waals surface area contributed by atoms with Gasteiger partial charge < -0.3 is 15.5 Å². The van der Waals surface area contributed by atoms with E-state index in [1.54, 1.807) is 7.05 Å². The third-order valence-electron chi connectivity index (χ3n) is 4.81. The number of nitrogens with one attached hydrogen (secondary N) is 2. The maximum atomic E-state index is 13.7. The van der Waals surface area contributed by atoms with Gasteiger partial charge in [-0.3, -0.25) is 9.79 Å². The standard InChI is InChI=1S/C17H22F2N4O/c1-20-16(21-9-12-7-13(18)3-4-14(12)19)23-6-2-5-17(11-23)8-15(24)22-10-17/h3-4,7H,2,5-6,8-11H2,1H3,(H,20,21)(H,22,24). The van der Waals surface area contributed by atoms with Crippen LogP contribution in [0.25, 0.3) is 0 Å². The van der Waals surface area contributed by atoms with Crippen LogP contribution < -0.4 is 10.6 Å². The van der Waals surface area contributed by atoms with E-state index in [1.807, 2.05) is 0 Å². The number of aliphatic imine (C=N–C) groups is 1. The summed E-state index contributed by atoms with van der Waals surface area (Å²) in [6, 6.07) is 3.42. The van der Waals surface area contributed by atoms with Gasteiger partial charge in [-0.1, -0.05) is 0 Å². The molecule has 0 bridgehead atoms. The molecule has 24 heavy (non-hydrogen) atoms. The number of carbonyl (C=O) groups is 1. The van der Waals surface area contributed by atoms with Gasteiger partial charge in [0.1, 0.15) is 11.6 Å². The summed E-state index contributed by atoms with van der Waals surface area (Å²) in [4.78, 5) is 18.0. The highest BCUT2D eigenvalue weighted by Gasteiger charge is 2.42. The SMILES string of the molecule is CN=C(NCc1cc(F)ccc1F)N1CCCC2(CNC(=O)C2)C1. The average molecular weight is 336 g/mol. The first kappa shape index (κ1) is 16.7. The molecule has 1 aromatic rings. The Morgan fingerprint density at radius 3 is 3.00 bits per heavy atom. The van der Waals surface area contributed by atoms with Gasteiger partial charge in [0.15, 0.2) is 5.96 Å². The first-order valence-electron chi connectivity index (χ1n) is 8.18. The molecule has 1 aromatic carbocycles. The summed E-state index contributed by atoms with van der Waals surface area (Å²) in [5.41, 5.74) is 0.220. The Morgan fingerprint density at radius 2 is 2.29 bits per heavy atom. The summed E-state index contributed by atoms with van der Waals surface area (Å²) < 4.78 is 27.0. The lowest BCUT2D eigenvalue weighted by atomic mass is 9.79. The van der Waals surface area contributed by atoms with Gasteiger partial charge in [-0.15, -0.1) is 0 Å². The molecule has 5 nitrogen and oxygen atoms in total. The normalized spacial score (nSPS) is 24.4. The molecule has 3 rings (SSSR count). The van der Waals surface area contributed by atoms with Crippen molar-refractivity contribution in [2.75, 3.05) is 26.7 Å². The highest BCUT2D eigenvalue weighted by molar-refractivity contribution is 5.81. The number of piperidine rings is 1. The van der Waals surface area contributed by atoms with Gasteiger partial charge in [0.25, 0.3) is 0 Å². The van der Waals surface area contributed by atoms with E-state index in [0.717, 1.165) is 38.1 Å². The van der Waals surface area contributed by atoms with Crippen LogP contribution in [0.1, 0.15) is 24.8 Å². The van der Waals surface area contributed by atoms with Crippen molar-refractivity contribution in [2.24, 2.45) is 10.4 Å². The fourth-order valence-electron chi connectivity index (χ4n) is 3.61. The Bertz CT molecular complexity index is 664. The van der Waals surface area contributed by atoms with Crippen LogP contribution in [0.4, 0.5) is 8.78 Å². The Kier molecular flexibility index (Phi) is 4.69. The van der Waals surface area contributed by atoms with Crippen molar-refractivity contribution in [3.8, 4) is 0 Å². The van der Waals surface area contributed by atoms with Crippen LogP contribution in [0, 0.1) is 17.0 Å². The average Bonchev–Trinajstić information content (AvgIpc) is 2.91. The van der Waals surface area contributed by atoms with Crippen molar-refractivity contribution in [1.29, 1.82) is 0 Å². The number of amides is 1. The number of benzene rings is 1. The molecule has 0 aromatic heterocycles. The number of nitrogens with zero attached hydrogens (tertiary/aromatic N) is 2. The second-order valence-corrected chi connectivity index (χ2v) is 6.62. The van der Waals surface area contributed by atoms with E-state index in [9.17, 15) is 13.6 Å². The van der Waals surface area contributed by atoms with E-state index < -0.39 is 11.6 Å². The topological polar surface area (TPSA) is 56.7 Å². The Hall–Kier alpha value is -2.18. The minimum atomic E-state index is -0.462. The summed E-state index contributed by atoms with van der Waals surface area (Å²) in [5, 5.41) is 6.02. The number of hydrogen-bond acceptors (Lipinski definition) is 2. The molecule has 1 spiro atoms. The number of likely N-dealkylation sites (tertiary alicyclic amines) is 1. The zero-order valence-electron chi connectivity index (χ0n) is 13.7. The van der Waals surface area contributed by atoms with Gasteiger partial charge in [0, 0.05) is 50.6 Å². The molecule has 130 valence electrons. The third kappa shape index (κ3) is 3.49. The van der Waals surface area contributed by atoms with Gasteiger partial charge in [0.05, 0.1) is 0 Å². The predicted molar refractivity (Wildman–Crippen MR) is 87.4 cm³/mol. The molecule has 0 aliphatic carbocycles. The lowest BCUT2D eigenvalue weighted by Crippen LogP contribution is -2.51. The second kappa shape index (κ2) is 6.75. The maximum absolute atomic E-state index is 13.7. The van der Waals surface area contributed by atoms with Crippen LogP contribution in [0.15, 0.2) is 23.2 Å². The van der Waals surface area contributed by atoms with Crippen LogP contribution in [0.2, 0.25) is 0 Å². The van der Waals surface area contributed by atoms with Crippen molar-refractivity contribution in [3.05, 3.63) is 35.4 Å². The Morgan fingerprint density at radius 1 is 1.46 bits per heavy atom. The zero-order valence-corrected chi connectivity index (χ0v) is 13.7. The first-order chi connectivity index (χ1) is 11.5. The van der Waals surface area contributed by atoms with E-state index in [1.165, 1.54) is 6.07 Å². The molecule has 0 radical (unpaired) electrons. The zero-order chi connectivity index (χ0) is 17.2. The van der Waals surface area contributed by atoms with E-state index in [2.05, 4.69) is 20.5 Å². The molecule has 1 atom stereocenters. The Labute approximate surface area is 140 Å². The van der Waals surface area contributed by atoms with Gasteiger partial charge in [-0.25, -0.2) is 8.78 Å². The van der Waals surface area contributed by atoms with Crippen LogP contribution in [-0.2, 0) is 11.3 Å². The van der Waals surface area contributed by atoms with Crippen molar-refractivity contribution < 1.29 is 13.6 Å². The van der Waals surface area contributed by atoms with Crippen LogP contribution >= 0.6 is 0 Å². The number of halogens is 2. The molecule has 2 saturated heterocycles. The fourth-order valence-corrected chi connectivity index (χ4v) is 3.61. The highest BCUT2D eigenvalue weighted by Crippen LogP contribution is 2.36. The summed E-state index contributed by atoms with van der Waals surface area (Å²) in [6.45, 7) is 2.42. The van der Waals surface area contributed by atoms with Crippen molar-refractivity contribution in [2.45, 2.75) is 25.8 Å². The maximum Gasteiger partial charge on any atom is 0.220 e. The molecular formula is C17H22F2N4O. The molecule has 0 saturated carbocycles. The molecule has 1 unspecified atom stereocenters. The number of guanidine groups is 1. The summed E-state index contributed by atoms with van der Waals surface area (Å²) in [6.07, 6.45) is 2.53. The number of carbonyl (C=O) groups excluding carboxylic acids is 1. The molecular weight excluding hydrogens is 314 g/mol. The van der Waals surface area contributed by atoms with Crippen LogP contribution in [0.5, 0.6) is 0 Å². The minimum Gasteiger partial charge on any atom is -0.355 e. The Balaban J connectivity index is 1.66. The molecule has 2 fully saturated rings. The van der Waals surface area contributed by atoms with Gasteiger partial charge in [-0.05, 0) is 31.0 Å². The van der Waals surface area contributed by atoms with E-state index in [-0.39, 0.29) is 23.4 Å². The van der Waals surface area contributed by atoms with Crippen molar-refractivity contribution >= 4 is 11.9 Å². The lowest BCUT2D eigenvalue weighted by molar-refractivity contribution is -0.119. The molecule has 2 heterocycles. The van der Waals surface area contributed by atoms with Crippen molar-refractivity contribution in [1.82, 2.24) is 15.5 Å². The number of hydrogen-bond donors (Lipinski definition) is 2. The van der Waals surface area contributed by atoms with Gasteiger partial charge in [0.2, 0.25) is 5.91 Å². The number of rotatable bonds is 2. The fraction of sp³-hybridized carbons (Fsp3) is 0.529.